The van der Waals surface area contributed by atoms with Crippen LogP contribution in [-0.4, -0.2) is 25.8 Å². The van der Waals surface area contributed by atoms with Gasteiger partial charge in [-0.25, -0.2) is 9.78 Å². The highest BCUT2D eigenvalue weighted by Gasteiger charge is 2.16. The second kappa shape index (κ2) is 3.05. The number of aryl methyl sites for hydroxylation is 3. The lowest BCUT2D eigenvalue weighted by Gasteiger charge is -2.00. The zero-order chi connectivity index (χ0) is 11.2. The fraction of sp³-hybridized carbons (Fsp3) is 0.300. The van der Waals surface area contributed by atoms with E-state index >= 15 is 0 Å². The van der Waals surface area contributed by atoms with E-state index in [9.17, 15) is 4.79 Å². The van der Waals surface area contributed by atoms with Crippen molar-refractivity contribution in [1.82, 2.24) is 14.8 Å². The number of aromatic nitrogens is 3. The maximum atomic E-state index is 11.1. The first kappa shape index (κ1) is 9.64. The Morgan fingerprint density at radius 2 is 2.13 bits per heavy atom. The molecule has 2 heterocycles. The number of rotatable bonds is 1. The molecule has 0 saturated carbocycles. The second-order valence-electron chi connectivity index (χ2n) is 3.52. The lowest BCUT2D eigenvalue weighted by Crippen LogP contribution is -2.01. The van der Waals surface area contributed by atoms with Gasteiger partial charge in [0.1, 0.15) is 0 Å². The minimum Gasteiger partial charge on any atom is -0.478 e. The largest absolute Gasteiger partial charge is 0.478 e. The van der Waals surface area contributed by atoms with Gasteiger partial charge in [0.2, 0.25) is 0 Å². The minimum absolute atomic E-state index is 0.267. The number of hydrogen-bond acceptors (Lipinski definition) is 3. The summed E-state index contributed by atoms with van der Waals surface area (Å²) in [5.74, 6) is -0.943. The number of carboxylic acid groups (broad SMARTS) is 1. The number of fused-ring (bicyclic) bond motifs is 1. The van der Waals surface area contributed by atoms with Crippen LogP contribution >= 0.6 is 0 Å². The Hall–Kier alpha value is -1.91. The predicted octanol–water partition coefficient (Wildman–Crippen LogP) is 1.28. The number of nitrogens with zero attached hydrogens (tertiary/aromatic N) is 3. The Morgan fingerprint density at radius 1 is 1.47 bits per heavy atom. The van der Waals surface area contributed by atoms with E-state index in [1.807, 2.05) is 0 Å². The fourth-order valence-electron chi connectivity index (χ4n) is 1.74. The van der Waals surface area contributed by atoms with Crippen LogP contribution in [0.2, 0.25) is 0 Å². The van der Waals surface area contributed by atoms with Crippen molar-refractivity contribution in [3.05, 3.63) is 23.0 Å². The highest BCUT2D eigenvalue weighted by Crippen LogP contribution is 2.21. The zero-order valence-electron chi connectivity index (χ0n) is 8.77. The van der Waals surface area contributed by atoms with E-state index < -0.39 is 5.97 Å². The first-order valence-electron chi connectivity index (χ1n) is 4.55. The second-order valence-corrected chi connectivity index (χ2v) is 3.52. The Labute approximate surface area is 86.4 Å². The van der Waals surface area contributed by atoms with Crippen molar-refractivity contribution in [2.24, 2.45) is 7.05 Å². The van der Waals surface area contributed by atoms with Crippen molar-refractivity contribution < 1.29 is 9.90 Å². The average Bonchev–Trinajstić information content (AvgIpc) is 2.41. The molecule has 0 unspecified atom stereocenters. The summed E-state index contributed by atoms with van der Waals surface area (Å²) in [7, 11) is 1.76. The molecule has 2 aromatic heterocycles. The predicted molar refractivity (Wildman–Crippen MR) is 54.9 cm³/mol. The van der Waals surface area contributed by atoms with Gasteiger partial charge in [-0.3, -0.25) is 4.68 Å². The van der Waals surface area contributed by atoms with Crippen LogP contribution in [0, 0.1) is 13.8 Å². The standard InChI is InChI=1S/C10H11N3O2/c1-5-4-7(10(14)15)8-6(2)12-13(3)9(8)11-5/h4H,1-3H3,(H,14,15). The third-order valence-corrected chi connectivity index (χ3v) is 2.33. The molecule has 5 heteroatoms. The van der Waals surface area contributed by atoms with Gasteiger partial charge in [0, 0.05) is 12.7 Å². The third kappa shape index (κ3) is 1.36. The van der Waals surface area contributed by atoms with Crippen LogP contribution in [0.15, 0.2) is 6.07 Å². The van der Waals surface area contributed by atoms with Crippen LogP contribution in [0.1, 0.15) is 21.7 Å². The molecule has 0 saturated heterocycles. The summed E-state index contributed by atoms with van der Waals surface area (Å²) in [4.78, 5) is 15.3. The number of aromatic carboxylic acids is 1. The molecule has 5 nitrogen and oxygen atoms in total. The molecule has 0 spiro atoms. The van der Waals surface area contributed by atoms with E-state index in [1.54, 1.807) is 31.6 Å². The van der Waals surface area contributed by atoms with E-state index in [-0.39, 0.29) is 5.56 Å². The number of carboxylic acids is 1. The summed E-state index contributed by atoms with van der Waals surface area (Å²) in [5, 5.41) is 13.9. The molecule has 0 amide bonds. The lowest BCUT2D eigenvalue weighted by molar-refractivity contribution is 0.0699. The van der Waals surface area contributed by atoms with E-state index in [0.717, 1.165) is 0 Å². The highest BCUT2D eigenvalue weighted by molar-refractivity contribution is 6.02. The van der Waals surface area contributed by atoms with Crippen molar-refractivity contribution in [1.29, 1.82) is 0 Å². The quantitative estimate of drug-likeness (QED) is 0.761. The summed E-state index contributed by atoms with van der Waals surface area (Å²) < 4.78 is 1.60. The Bertz CT molecular complexity index is 557. The Kier molecular flexibility index (Phi) is 1.96. The molecular formula is C10H11N3O2. The molecule has 15 heavy (non-hydrogen) atoms. The number of carbonyl (C=O) groups is 1. The maximum Gasteiger partial charge on any atom is 0.336 e. The summed E-state index contributed by atoms with van der Waals surface area (Å²) in [6.07, 6.45) is 0. The van der Waals surface area contributed by atoms with Gasteiger partial charge in [-0.15, -0.1) is 0 Å². The van der Waals surface area contributed by atoms with E-state index in [2.05, 4.69) is 10.1 Å². The molecule has 2 aromatic rings. The van der Waals surface area contributed by atoms with Crippen LogP contribution in [0.25, 0.3) is 11.0 Å². The van der Waals surface area contributed by atoms with Gasteiger partial charge in [-0.1, -0.05) is 0 Å². The molecule has 0 aliphatic rings. The van der Waals surface area contributed by atoms with Gasteiger partial charge in [0.05, 0.1) is 16.6 Å². The SMILES string of the molecule is Cc1cc(C(=O)O)c2c(C)nn(C)c2n1. The molecule has 0 aromatic carbocycles. The molecule has 2 rings (SSSR count). The van der Waals surface area contributed by atoms with Crippen LogP contribution in [0.4, 0.5) is 0 Å². The van der Waals surface area contributed by atoms with Gasteiger partial charge in [0.15, 0.2) is 5.65 Å². The van der Waals surface area contributed by atoms with Crippen molar-refractivity contribution in [2.45, 2.75) is 13.8 Å². The van der Waals surface area contributed by atoms with Gasteiger partial charge in [-0.2, -0.15) is 5.10 Å². The maximum absolute atomic E-state index is 11.1. The Morgan fingerprint density at radius 3 is 2.73 bits per heavy atom. The van der Waals surface area contributed by atoms with Crippen molar-refractivity contribution in [2.75, 3.05) is 0 Å². The van der Waals surface area contributed by atoms with Gasteiger partial charge in [0.25, 0.3) is 0 Å². The minimum atomic E-state index is -0.943. The zero-order valence-corrected chi connectivity index (χ0v) is 8.77. The number of pyridine rings is 1. The highest BCUT2D eigenvalue weighted by atomic mass is 16.4. The number of hydrogen-bond donors (Lipinski definition) is 1. The third-order valence-electron chi connectivity index (χ3n) is 2.33. The Balaban J connectivity index is 2.96. The molecule has 0 bridgehead atoms. The van der Waals surface area contributed by atoms with Crippen molar-refractivity contribution in [3.8, 4) is 0 Å². The van der Waals surface area contributed by atoms with Gasteiger partial charge >= 0.3 is 5.97 Å². The molecule has 0 fully saturated rings. The smallest absolute Gasteiger partial charge is 0.336 e. The van der Waals surface area contributed by atoms with E-state index in [1.165, 1.54) is 0 Å². The van der Waals surface area contributed by atoms with E-state index in [4.69, 9.17) is 5.11 Å². The average molecular weight is 205 g/mol. The molecule has 0 atom stereocenters. The monoisotopic (exact) mass is 205 g/mol. The first-order chi connectivity index (χ1) is 7.00. The van der Waals surface area contributed by atoms with Gasteiger partial charge in [-0.05, 0) is 19.9 Å². The normalized spacial score (nSPS) is 10.9. The van der Waals surface area contributed by atoms with Crippen LogP contribution in [-0.2, 0) is 7.05 Å². The topological polar surface area (TPSA) is 68.0 Å². The summed E-state index contributed by atoms with van der Waals surface area (Å²) in [5.41, 5.74) is 2.26. The van der Waals surface area contributed by atoms with Crippen LogP contribution in [0.5, 0.6) is 0 Å². The fourth-order valence-corrected chi connectivity index (χ4v) is 1.74. The molecular weight excluding hydrogens is 194 g/mol. The summed E-state index contributed by atoms with van der Waals surface area (Å²) in [6, 6.07) is 1.57. The van der Waals surface area contributed by atoms with E-state index in [0.29, 0.717) is 22.4 Å². The summed E-state index contributed by atoms with van der Waals surface area (Å²) in [6.45, 7) is 3.56. The van der Waals surface area contributed by atoms with Crippen molar-refractivity contribution in [3.63, 3.8) is 0 Å². The lowest BCUT2D eigenvalue weighted by atomic mass is 10.1. The summed E-state index contributed by atoms with van der Waals surface area (Å²) >= 11 is 0. The molecule has 78 valence electrons. The molecule has 0 radical (unpaired) electrons. The molecule has 1 N–H and O–H groups in total. The molecule has 0 aliphatic heterocycles. The van der Waals surface area contributed by atoms with Crippen LogP contribution < -0.4 is 0 Å². The first-order valence-corrected chi connectivity index (χ1v) is 4.55. The van der Waals surface area contributed by atoms with Gasteiger partial charge < -0.3 is 5.11 Å². The molecule has 0 aliphatic carbocycles. The van der Waals surface area contributed by atoms with Crippen molar-refractivity contribution >= 4 is 17.0 Å². The van der Waals surface area contributed by atoms with Crippen LogP contribution in [0.3, 0.4) is 0 Å².